The standard InChI is InChI=1S/C28H23Cl2IN2O5/c1-4-37-24-13-18(12-22(31)25(24)38-14-17-8-9-20(29)21(30)11-17)10-19-26(34)32-28(36)33(27(19)35)23-7-5-6-15(2)16(23)3/h5-13H,4,14H2,1-3H3,(H,32,34,36)/b19-10+. The average molecular weight is 665 g/mol. The highest BCUT2D eigenvalue weighted by molar-refractivity contribution is 14.1. The van der Waals surface area contributed by atoms with Crippen LogP contribution in [-0.4, -0.2) is 24.5 Å². The van der Waals surface area contributed by atoms with Crippen molar-refractivity contribution >= 4 is 75.4 Å². The van der Waals surface area contributed by atoms with Crippen LogP contribution in [0, 0.1) is 17.4 Å². The van der Waals surface area contributed by atoms with Gasteiger partial charge >= 0.3 is 6.03 Å². The van der Waals surface area contributed by atoms with Crippen LogP contribution in [0.3, 0.4) is 0 Å². The summed E-state index contributed by atoms with van der Waals surface area (Å²) >= 11 is 14.2. The number of aryl methyl sites for hydroxylation is 1. The van der Waals surface area contributed by atoms with Crippen LogP contribution < -0.4 is 19.7 Å². The first-order chi connectivity index (χ1) is 18.1. The zero-order valence-electron chi connectivity index (χ0n) is 20.7. The molecule has 1 aliphatic heterocycles. The summed E-state index contributed by atoms with van der Waals surface area (Å²) in [6, 6.07) is 13.2. The van der Waals surface area contributed by atoms with Crippen LogP contribution in [0.5, 0.6) is 11.5 Å². The van der Waals surface area contributed by atoms with E-state index < -0.39 is 17.8 Å². The fourth-order valence-electron chi connectivity index (χ4n) is 3.88. The summed E-state index contributed by atoms with van der Waals surface area (Å²) in [5.74, 6) is -0.528. The number of amides is 4. The number of anilines is 1. The van der Waals surface area contributed by atoms with Gasteiger partial charge in [0.05, 0.1) is 25.9 Å². The normalized spacial score (nSPS) is 14.6. The zero-order valence-corrected chi connectivity index (χ0v) is 24.4. The highest BCUT2D eigenvalue weighted by Crippen LogP contribution is 2.36. The van der Waals surface area contributed by atoms with E-state index in [1.165, 1.54) is 6.08 Å². The summed E-state index contributed by atoms with van der Waals surface area (Å²) in [5, 5.41) is 3.15. The second kappa shape index (κ2) is 11.8. The van der Waals surface area contributed by atoms with Crippen LogP contribution in [0.1, 0.15) is 29.2 Å². The van der Waals surface area contributed by atoms with Crippen molar-refractivity contribution in [1.82, 2.24) is 5.32 Å². The molecule has 7 nitrogen and oxygen atoms in total. The third-order valence-corrected chi connectivity index (χ3v) is 7.47. The molecule has 10 heteroatoms. The molecule has 0 bridgehead atoms. The fraction of sp³-hybridized carbons (Fsp3) is 0.179. The minimum absolute atomic E-state index is 0.173. The third kappa shape index (κ3) is 5.82. The lowest BCUT2D eigenvalue weighted by atomic mass is 10.0. The summed E-state index contributed by atoms with van der Waals surface area (Å²) in [6.45, 7) is 6.13. The van der Waals surface area contributed by atoms with Gasteiger partial charge in [0.15, 0.2) is 11.5 Å². The maximum atomic E-state index is 13.4. The van der Waals surface area contributed by atoms with Crippen molar-refractivity contribution in [3.8, 4) is 11.5 Å². The Hall–Kier alpha value is -3.08. The molecular weight excluding hydrogens is 642 g/mol. The van der Waals surface area contributed by atoms with Gasteiger partial charge in [-0.3, -0.25) is 14.9 Å². The van der Waals surface area contributed by atoms with Gasteiger partial charge in [-0.2, -0.15) is 0 Å². The molecule has 1 saturated heterocycles. The molecule has 1 aliphatic rings. The van der Waals surface area contributed by atoms with Gasteiger partial charge in [0.25, 0.3) is 11.8 Å². The van der Waals surface area contributed by atoms with Gasteiger partial charge in [-0.05, 0) is 102 Å². The molecular formula is C28H23Cl2IN2O5. The maximum Gasteiger partial charge on any atom is 0.335 e. The molecule has 38 heavy (non-hydrogen) atoms. The number of rotatable bonds is 7. The lowest BCUT2D eigenvalue weighted by Crippen LogP contribution is -2.54. The minimum atomic E-state index is -0.790. The van der Waals surface area contributed by atoms with Crippen LogP contribution in [0.25, 0.3) is 6.08 Å². The predicted octanol–water partition coefficient (Wildman–Crippen LogP) is 6.86. The maximum absolute atomic E-state index is 13.4. The number of halogens is 3. The van der Waals surface area contributed by atoms with E-state index in [4.69, 9.17) is 32.7 Å². The van der Waals surface area contributed by atoms with Crippen LogP contribution in [-0.2, 0) is 16.2 Å². The molecule has 3 aromatic rings. The number of carbonyl (C=O) groups excluding carboxylic acids is 3. The highest BCUT2D eigenvalue weighted by atomic mass is 127. The SMILES string of the molecule is CCOc1cc(/C=C2\C(=O)NC(=O)N(c3cccc(C)c3C)C2=O)cc(I)c1OCc1ccc(Cl)c(Cl)c1. The van der Waals surface area contributed by atoms with E-state index in [1.54, 1.807) is 36.4 Å². The molecule has 1 heterocycles. The van der Waals surface area contributed by atoms with Crippen molar-refractivity contribution in [2.24, 2.45) is 0 Å². The number of hydrogen-bond donors (Lipinski definition) is 1. The first kappa shape index (κ1) is 27.9. The molecule has 0 radical (unpaired) electrons. The van der Waals surface area contributed by atoms with Gasteiger partial charge in [-0.15, -0.1) is 0 Å². The summed E-state index contributed by atoms with van der Waals surface area (Å²) < 4.78 is 12.6. The topological polar surface area (TPSA) is 84.9 Å². The average Bonchev–Trinajstić information content (AvgIpc) is 2.86. The molecule has 4 amide bonds. The van der Waals surface area contributed by atoms with Crippen molar-refractivity contribution in [2.45, 2.75) is 27.4 Å². The van der Waals surface area contributed by atoms with Crippen LogP contribution >= 0.6 is 45.8 Å². The lowest BCUT2D eigenvalue weighted by Gasteiger charge is -2.28. The van der Waals surface area contributed by atoms with E-state index in [0.717, 1.165) is 21.6 Å². The second-order valence-corrected chi connectivity index (χ2v) is 10.5. The molecule has 0 atom stereocenters. The Morgan fingerprint density at radius 3 is 2.47 bits per heavy atom. The van der Waals surface area contributed by atoms with Crippen molar-refractivity contribution in [3.05, 3.63) is 90.0 Å². The van der Waals surface area contributed by atoms with Gasteiger partial charge in [-0.1, -0.05) is 41.4 Å². The molecule has 196 valence electrons. The summed E-state index contributed by atoms with van der Waals surface area (Å²) in [4.78, 5) is 39.7. The number of nitrogens with zero attached hydrogens (tertiary/aromatic N) is 1. The first-order valence-corrected chi connectivity index (χ1v) is 13.4. The molecule has 0 aromatic heterocycles. The van der Waals surface area contributed by atoms with E-state index in [1.807, 2.05) is 32.9 Å². The van der Waals surface area contributed by atoms with Crippen LogP contribution in [0.2, 0.25) is 10.0 Å². The van der Waals surface area contributed by atoms with Gasteiger partial charge < -0.3 is 9.47 Å². The van der Waals surface area contributed by atoms with Gasteiger partial charge in [0, 0.05) is 0 Å². The molecule has 0 saturated carbocycles. The number of barbiturate groups is 1. The van der Waals surface area contributed by atoms with Crippen molar-refractivity contribution in [3.63, 3.8) is 0 Å². The number of hydrogen-bond acceptors (Lipinski definition) is 5. The second-order valence-electron chi connectivity index (χ2n) is 8.48. The molecule has 0 unspecified atom stereocenters. The van der Waals surface area contributed by atoms with Crippen LogP contribution in [0.15, 0.2) is 54.1 Å². The third-order valence-electron chi connectivity index (χ3n) is 5.93. The van der Waals surface area contributed by atoms with E-state index in [-0.39, 0.29) is 12.2 Å². The Labute approximate surface area is 243 Å². The molecule has 0 spiro atoms. The van der Waals surface area contributed by atoms with Crippen LogP contribution in [0.4, 0.5) is 10.5 Å². The predicted molar refractivity (Wildman–Crippen MR) is 156 cm³/mol. The number of nitrogens with one attached hydrogen (secondary N) is 1. The first-order valence-electron chi connectivity index (χ1n) is 11.6. The molecule has 0 aliphatic carbocycles. The molecule has 4 rings (SSSR count). The summed E-state index contributed by atoms with van der Waals surface area (Å²) in [7, 11) is 0. The largest absolute Gasteiger partial charge is 0.490 e. The fourth-order valence-corrected chi connectivity index (χ4v) is 4.98. The number of ether oxygens (including phenoxy) is 2. The highest BCUT2D eigenvalue weighted by Gasteiger charge is 2.37. The van der Waals surface area contributed by atoms with Crippen molar-refractivity contribution < 1.29 is 23.9 Å². The Kier molecular flexibility index (Phi) is 8.64. The summed E-state index contributed by atoms with van der Waals surface area (Å²) in [6.07, 6.45) is 1.44. The number of imide groups is 2. The number of urea groups is 1. The van der Waals surface area contributed by atoms with Gasteiger partial charge in [0.2, 0.25) is 0 Å². The van der Waals surface area contributed by atoms with E-state index in [0.29, 0.717) is 43.0 Å². The minimum Gasteiger partial charge on any atom is -0.490 e. The smallest absolute Gasteiger partial charge is 0.335 e. The summed E-state index contributed by atoms with van der Waals surface area (Å²) in [5.41, 5.74) is 3.28. The van der Waals surface area contributed by atoms with Gasteiger partial charge in [-0.25, -0.2) is 9.69 Å². The molecule has 1 fully saturated rings. The molecule has 3 aromatic carbocycles. The lowest BCUT2D eigenvalue weighted by molar-refractivity contribution is -0.122. The van der Waals surface area contributed by atoms with Crippen molar-refractivity contribution in [2.75, 3.05) is 11.5 Å². The Morgan fingerprint density at radius 1 is 1.00 bits per heavy atom. The zero-order chi connectivity index (χ0) is 27.6. The Bertz CT molecular complexity index is 1490. The Balaban J connectivity index is 1.67. The number of benzene rings is 3. The van der Waals surface area contributed by atoms with E-state index in [2.05, 4.69) is 27.9 Å². The number of carbonyl (C=O) groups is 3. The Morgan fingerprint density at radius 2 is 1.76 bits per heavy atom. The molecule has 1 N–H and O–H groups in total. The van der Waals surface area contributed by atoms with Gasteiger partial charge in [0.1, 0.15) is 12.2 Å². The van der Waals surface area contributed by atoms with E-state index in [9.17, 15) is 14.4 Å². The quantitative estimate of drug-likeness (QED) is 0.170. The van der Waals surface area contributed by atoms with Crippen molar-refractivity contribution in [1.29, 1.82) is 0 Å². The monoisotopic (exact) mass is 664 g/mol. The van der Waals surface area contributed by atoms with E-state index >= 15 is 0 Å².